The molecule has 0 spiro atoms. The van der Waals surface area contributed by atoms with E-state index in [1.807, 2.05) is 36.5 Å². The van der Waals surface area contributed by atoms with Gasteiger partial charge in [-0.25, -0.2) is 0 Å². The second-order valence-corrected chi connectivity index (χ2v) is 6.08. The molecular weight excluding hydrogens is 294 g/mol. The Bertz CT molecular complexity index is 757. The van der Waals surface area contributed by atoms with Gasteiger partial charge in [0.25, 0.3) is 0 Å². The summed E-state index contributed by atoms with van der Waals surface area (Å²) < 4.78 is 2.17. The summed E-state index contributed by atoms with van der Waals surface area (Å²) in [5.41, 5.74) is 2.18. The molecule has 6 heteroatoms. The fourth-order valence-corrected chi connectivity index (χ4v) is 3.40. The molecule has 2 aromatic heterocycles. The van der Waals surface area contributed by atoms with Crippen LogP contribution in [0, 0.1) is 0 Å². The predicted octanol–water partition coefficient (Wildman–Crippen LogP) is 2.86. The van der Waals surface area contributed by atoms with E-state index in [9.17, 15) is 0 Å². The lowest BCUT2D eigenvalue weighted by molar-refractivity contribution is 0.229. The molecule has 1 aliphatic rings. The van der Waals surface area contributed by atoms with E-state index >= 15 is 0 Å². The summed E-state index contributed by atoms with van der Waals surface area (Å²) >= 11 is 1.72. The summed E-state index contributed by atoms with van der Waals surface area (Å²) in [6.07, 6.45) is 1.84. The molecule has 1 aromatic carbocycles. The van der Waals surface area contributed by atoms with Crippen LogP contribution in [0.25, 0.3) is 11.4 Å². The summed E-state index contributed by atoms with van der Waals surface area (Å²) in [6, 6.07) is 16.2. The number of hydrogen-bond acceptors (Lipinski definition) is 5. The van der Waals surface area contributed by atoms with E-state index < -0.39 is 0 Å². The minimum absolute atomic E-state index is 0.788. The zero-order valence-electron chi connectivity index (χ0n) is 12.0. The number of hydrogen-bond donors (Lipinski definition) is 0. The van der Waals surface area contributed by atoms with Crippen LogP contribution in [-0.4, -0.2) is 30.5 Å². The summed E-state index contributed by atoms with van der Waals surface area (Å²) in [4.78, 5) is 6.75. The maximum absolute atomic E-state index is 4.41. The molecule has 3 aromatic rings. The molecule has 0 radical (unpaired) electrons. The smallest absolute Gasteiger partial charge is 0.193 e. The highest BCUT2D eigenvalue weighted by Crippen LogP contribution is 2.29. The van der Waals surface area contributed by atoms with Crippen molar-refractivity contribution in [1.82, 2.24) is 24.6 Å². The van der Waals surface area contributed by atoms with Crippen molar-refractivity contribution in [3.63, 3.8) is 0 Å². The number of thioether (sulfide) groups is 1. The van der Waals surface area contributed by atoms with E-state index in [-0.39, 0.29) is 0 Å². The van der Waals surface area contributed by atoms with E-state index in [2.05, 4.69) is 42.8 Å². The van der Waals surface area contributed by atoms with Crippen molar-refractivity contribution in [2.24, 2.45) is 0 Å². The third-order valence-electron chi connectivity index (χ3n) is 3.58. The molecular formula is C16H15N5S. The van der Waals surface area contributed by atoms with Gasteiger partial charge >= 0.3 is 0 Å². The summed E-state index contributed by atoms with van der Waals surface area (Å²) in [7, 11) is 0. The fourth-order valence-electron chi connectivity index (χ4n) is 2.53. The Morgan fingerprint density at radius 3 is 2.68 bits per heavy atom. The number of rotatable bonds is 3. The molecule has 5 nitrogen and oxygen atoms in total. The third-order valence-corrected chi connectivity index (χ3v) is 4.63. The summed E-state index contributed by atoms with van der Waals surface area (Å²) in [6.45, 7) is 1.62. The maximum Gasteiger partial charge on any atom is 0.193 e. The number of fused-ring (bicyclic) bond motifs is 1. The lowest BCUT2D eigenvalue weighted by Crippen LogP contribution is -2.30. The van der Waals surface area contributed by atoms with Crippen molar-refractivity contribution in [3.05, 3.63) is 60.4 Å². The topological polar surface area (TPSA) is 46.8 Å². The van der Waals surface area contributed by atoms with Gasteiger partial charge in [-0.15, -0.1) is 10.2 Å². The predicted molar refractivity (Wildman–Crippen MR) is 86.0 cm³/mol. The highest BCUT2D eigenvalue weighted by molar-refractivity contribution is 7.99. The van der Waals surface area contributed by atoms with Gasteiger partial charge in [-0.3, -0.25) is 14.5 Å². The van der Waals surface area contributed by atoms with Crippen LogP contribution in [0.5, 0.6) is 0 Å². The van der Waals surface area contributed by atoms with Gasteiger partial charge in [-0.05, 0) is 12.1 Å². The molecule has 0 aliphatic carbocycles. The van der Waals surface area contributed by atoms with Crippen molar-refractivity contribution in [2.45, 2.75) is 18.4 Å². The lowest BCUT2D eigenvalue weighted by Gasteiger charge is -2.27. The zero-order chi connectivity index (χ0) is 14.8. The van der Waals surface area contributed by atoms with E-state index in [1.54, 1.807) is 11.8 Å². The average Bonchev–Trinajstić information content (AvgIpc) is 3.00. The highest BCUT2D eigenvalue weighted by atomic mass is 32.2. The first-order chi connectivity index (χ1) is 10.9. The van der Waals surface area contributed by atoms with Crippen LogP contribution in [0.4, 0.5) is 0 Å². The molecule has 3 heterocycles. The molecule has 0 N–H and O–H groups in total. The van der Waals surface area contributed by atoms with Crippen LogP contribution in [0.1, 0.15) is 5.69 Å². The second kappa shape index (κ2) is 5.90. The maximum atomic E-state index is 4.41. The van der Waals surface area contributed by atoms with Gasteiger partial charge in [-0.1, -0.05) is 48.2 Å². The molecule has 110 valence electrons. The van der Waals surface area contributed by atoms with E-state index in [4.69, 9.17) is 0 Å². The number of aromatic nitrogens is 4. The monoisotopic (exact) mass is 309 g/mol. The van der Waals surface area contributed by atoms with E-state index in [0.717, 1.165) is 41.3 Å². The normalized spacial score (nSPS) is 14.7. The minimum Gasteiger partial charge on any atom is -0.288 e. The molecule has 0 saturated carbocycles. The van der Waals surface area contributed by atoms with Gasteiger partial charge < -0.3 is 0 Å². The van der Waals surface area contributed by atoms with Crippen LogP contribution >= 0.6 is 11.8 Å². The van der Waals surface area contributed by atoms with Gasteiger partial charge in [0.15, 0.2) is 11.0 Å². The van der Waals surface area contributed by atoms with Crippen LogP contribution in [0.2, 0.25) is 0 Å². The van der Waals surface area contributed by atoms with Crippen molar-refractivity contribution in [1.29, 1.82) is 0 Å². The van der Waals surface area contributed by atoms with Crippen molar-refractivity contribution in [3.8, 4) is 11.4 Å². The SMILES string of the molecule is c1ccc(-c2nnc3n2CN(Cc2ccccn2)CS3)cc1. The van der Waals surface area contributed by atoms with E-state index in [0.29, 0.717) is 0 Å². The number of benzene rings is 1. The highest BCUT2D eigenvalue weighted by Gasteiger charge is 2.22. The summed E-state index contributed by atoms with van der Waals surface area (Å²) in [5, 5.41) is 9.65. The first kappa shape index (κ1) is 13.5. The van der Waals surface area contributed by atoms with Gasteiger partial charge in [0, 0.05) is 18.3 Å². The Balaban J connectivity index is 1.59. The fraction of sp³-hybridized carbons (Fsp3) is 0.188. The van der Waals surface area contributed by atoms with Gasteiger partial charge in [-0.2, -0.15) is 0 Å². The molecule has 0 fully saturated rings. The Labute approximate surface area is 133 Å². The second-order valence-electron chi connectivity index (χ2n) is 5.17. The first-order valence-corrected chi connectivity index (χ1v) is 8.12. The molecule has 1 aliphatic heterocycles. The van der Waals surface area contributed by atoms with Crippen molar-refractivity contribution >= 4 is 11.8 Å². The van der Waals surface area contributed by atoms with Crippen LogP contribution in [0.3, 0.4) is 0 Å². The number of pyridine rings is 1. The Morgan fingerprint density at radius 2 is 1.86 bits per heavy atom. The summed E-state index contributed by atoms with van der Waals surface area (Å²) in [5.74, 6) is 1.83. The molecule has 0 amide bonds. The third kappa shape index (κ3) is 2.63. The van der Waals surface area contributed by atoms with Gasteiger partial charge in [0.05, 0.1) is 18.2 Å². The molecule has 0 saturated heterocycles. The molecule has 22 heavy (non-hydrogen) atoms. The Morgan fingerprint density at radius 1 is 1.00 bits per heavy atom. The average molecular weight is 309 g/mol. The molecule has 0 atom stereocenters. The molecule has 0 unspecified atom stereocenters. The Hall–Kier alpha value is -2.18. The largest absolute Gasteiger partial charge is 0.288 e. The van der Waals surface area contributed by atoms with Crippen molar-refractivity contribution in [2.75, 3.05) is 5.88 Å². The van der Waals surface area contributed by atoms with Gasteiger partial charge in [0.2, 0.25) is 0 Å². The number of nitrogens with zero attached hydrogens (tertiary/aromatic N) is 5. The lowest BCUT2D eigenvalue weighted by atomic mass is 10.2. The van der Waals surface area contributed by atoms with Crippen LogP contribution in [-0.2, 0) is 13.2 Å². The zero-order valence-corrected chi connectivity index (χ0v) is 12.8. The first-order valence-electron chi connectivity index (χ1n) is 7.14. The van der Waals surface area contributed by atoms with E-state index in [1.165, 1.54) is 0 Å². The van der Waals surface area contributed by atoms with Gasteiger partial charge in [0.1, 0.15) is 0 Å². The van der Waals surface area contributed by atoms with Crippen molar-refractivity contribution < 1.29 is 0 Å². The molecule has 0 bridgehead atoms. The minimum atomic E-state index is 0.788. The Kier molecular flexibility index (Phi) is 3.62. The standard InChI is InChI=1S/C16H15N5S/c1-2-6-13(7-3-1)15-18-19-16-21(15)11-20(12-22-16)10-14-8-4-5-9-17-14/h1-9H,10-12H2. The van der Waals surface area contributed by atoms with Crippen LogP contribution < -0.4 is 0 Å². The van der Waals surface area contributed by atoms with Crippen LogP contribution in [0.15, 0.2) is 59.9 Å². The quantitative estimate of drug-likeness (QED) is 0.744. The molecule has 4 rings (SSSR count).